The summed E-state index contributed by atoms with van der Waals surface area (Å²) in [6, 6.07) is 25.0. The highest BCUT2D eigenvalue weighted by molar-refractivity contribution is 7.98. The van der Waals surface area contributed by atoms with Crippen LogP contribution in [0.4, 0.5) is 0 Å². The third kappa shape index (κ3) is 4.59. The molecule has 1 atom stereocenters. The van der Waals surface area contributed by atoms with Crippen LogP contribution in [0, 0.1) is 0 Å². The van der Waals surface area contributed by atoms with Crippen LogP contribution in [0.25, 0.3) is 44.5 Å². The molecule has 0 aliphatic carbocycles. The fourth-order valence-electron chi connectivity index (χ4n) is 4.27. The molecule has 0 aliphatic heterocycles. The Kier molecular flexibility index (Phi) is 6.73. The lowest BCUT2D eigenvalue weighted by molar-refractivity contribution is 0.648. The van der Waals surface area contributed by atoms with Crippen molar-refractivity contribution in [3.05, 3.63) is 97.0 Å². The molecule has 5 aromatic rings. The zero-order valence-corrected chi connectivity index (χ0v) is 22.4. The molecule has 0 amide bonds. The first-order chi connectivity index (χ1) is 17.4. The van der Waals surface area contributed by atoms with Crippen LogP contribution in [0.5, 0.6) is 0 Å². The Morgan fingerprint density at radius 3 is 2.14 bits per heavy atom. The van der Waals surface area contributed by atoms with Crippen molar-refractivity contribution in [2.45, 2.75) is 23.5 Å². The van der Waals surface area contributed by atoms with Crippen LogP contribution in [-0.4, -0.2) is 31.7 Å². The van der Waals surface area contributed by atoms with Crippen molar-refractivity contribution >= 4 is 33.5 Å². The third-order valence-corrected chi connectivity index (χ3v) is 9.04. The number of thioether (sulfide) groups is 1. The highest BCUT2D eigenvalue weighted by Gasteiger charge is 2.26. The van der Waals surface area contributed by atoms with Gasteiger partial charge in [0.25, 0.3) is 0 Å². The average molecular weight is 510 g/mol. The van der Waals surface area contributed by atoms with Gasteiger partial charge in [0, 0.05) is 62.6 Å². The average Bonchev–Trinajstić information content (AvgIpc) is 2.92. The molecule has 0 saturated carbocycles. The van der Waals surface area contributed by atoms with Crippen LogP contribution in [0.2, 0.25) is 0 Å². The van der Waals surface area contributed by atoms with E-state index in [1.165, 1.54) is 4.90 Å². The van der Waals surface area contributed by atoms with Gasteiger partial charge >= 0.3 is 0 Å². The van der Waals surface area contributed by atoms with Crippen LogP contribution in [0.1, 0.15) is 19.4 Å². The van der Waals surface area contributed by atoms with Crippen LogP contribution in [0.15, 0.2) is 96.3 Å². The van der Waals surface area contributed by atoms with E-state index in [0.29, 0.717) is 0 Å². The normalized spacial score (nSPS) is 12.6. The van der Waals surface area contributed by atoms with E-state index in [1.807, 2.05) is 32.2 Å². The zero-order valence-electron chi connectivity index (χ0n) is 20.7. The van der Waals surface area contributed by atoms with Gasteiger partial charge in [0.1, 0.15) is 0 Å². The van der Waals surface area contributed by atoms with Gasteiger partial charge in [-0.2, -0.15) is 0 Å². The van der Waals surface area contributed by atoms with E-state index >= 15 is 0 Å². The Balaban J connectivity index is 1.67. The molecule has 6 heteroatoms. The number of benzene rings is 3. The standard InChI is InChI=1S/C30H27N3OS2/c1-30(2,36(4)34)24-18-23-9-6-14-31-27(23)26(19-24)21-7-5-8-22(17-21)29-28(32-15-16-33-29)20-10-12-25(35-3)13-11-20/h5-19H,1-4H3. The third-order valence-electron chi connectivity index (χ3n) is 6.63. The first-order valence-electron chi connectivity index (χ1n) is 11.7. The van der Waals surface area contributed by atoms with Crippen LogP contribution in [0.3, 0.4) is 0 Å². The molecule has 0 saturated heterocycles. The number of pyridine rings is 1. The topological polar surface area (TPSA) is 55.7 Å². The van der Waals surface area contributed by atoms with E-state index in [0.717, 1.165) is 50.1 Å². The van der Waals surface area contributed by atoms with E-state index in [1.54, 1.807) is 30.4 Å². The maximum absolute atomic E-state index is 12.6. The van der Waals surface area contributed by atoms with Gasteiger partial charge in [-0.05, 0) is 67.6 Å². The van der Waals surface area contributed by atoms with Gasteiger partial charge < -0.3 is 0 Å². The molecular weight excluding hydrogens is 482 g/mol. The summed E-state index contributed by atoms with van der Waals surface area (Å²) in [7, 11) is -1.04. The minimum atomic E-state index is -1.04. The van der Waals surface area contributed by atoms with E-state index in [2.05, 4.69) is 71.9 Å². The molecule has 0 radical (unpaired) electrons. The van der Waals surface area contributed by atoms with Gasteiger partial charge in [0.2, 0.25) is 0 Å². The minimum Gasteiger partial charge on any atom is -0.259 e. The van der Waals surface area contributed by atoms with Crippen molar-refractivity contribution in [2.75, 3.05) is 12.5 Å². The summed E-state index contributed by atoms with van der Waals surface area (Å²) in [4.78, 5) is 15.3. The molecule has 0 fully saturated rings. The molecule has 0 spiro atoms. The van der Waals surface area contributed by atoms with Crippen molar-refractivity contribution < 1.29 is 4.21 Å². The van der Waals surface area contributed by atoms with Crippen LogP contribution in [-0.2, 0) is 15.5 Å². The Morgan fingerprint density at radius 1 is 0.750 bits per heavy atom. The molecule has 36 heavy (non-hydrogen) atoms. The lowest BCUT2D eigenvalue weighted by Gasteiger charge is -2.24. The predicted molar refractivity (Wildman–Crippen MR) is 153 cm³/mol. The number of aromatic nitrogens is 3. The summed E-state index contributed by atoms with van der Waals surface area (Å²) >= 11 is 1.72. The predicted octanol–water partition coefficient (Wildman–Crippen LogP) is 7.36. The number of fused-ring (bicyclic) bond motifs is 1. The Labute approximate surface area is 218 Å². The van der Waals surface area contributed by atoms with Crippen molar-refractivity contribution in [1.82, 2.24) is 15.0 Å². The van der Waals surface area contributed by atoms with Gasteiger partial charge in [0.15, 0.2) is 0 Å². The first-order valence-corrected chi connectivity index (χ1v) is 14.5. The summed E-state index contributed by atoms with van der Waals surface area (Å²) < 4.78 is 12.1. The quantitative estimate of drug-likeness (QED) is 0.224. The minimum absolute atomic E-state index is 0.489. The summed E-state index contributed by atoms with van der Waals surface area (Å²) in [5.41, 5.74) is 7.69. The fraction of sp³-hybridized carbons (Fsp3) is 0.167. The van der Waals surface area contributed by atoms with Gasteiger partial charge in [0.05, 0.1) is 21.7 Å². The summed E-state index contributed by atoms with van der Waals surface area (Å²) in [6.07, 6.45) is 9.12. The summed E-state index contributed by atoms with van der Waals surface area (Å²) in [5.74, 6) is 0. The maximum atomic E-state index is 12.6. The highest BCUT2D eigenvalue weighted by Crippen LogP contribution is 2.37. The Hall–Kier alpha value is -3.35. The fourth-order valence-corrected chi connectivity index (χ4v) is 5.13. The molecule has 3 aromatic carbocycles. The molecule has 180 valence electrons. The number of rotatable bonds is 6. The monoisotopic (exact) mass is 509 g/mol. The van der Waals surface area contributed by atoms with Crippen LogP contribution >= 0.6 is 11.8 Å². The van der Waals surface area contributed by atoms with Crippen molar-refractivity contribution in [3.63, 3.8) is 0 Å². The smallest absolute Gasteiger partial charge is 0.0965 e. The van der Waals surface area contributed by atoms with Crippen molar-refractivity contribution in [2.24, 2.45) is 0 Å². The van der Waals surface area contributed by atoms with E-state index in [-0.39, 0.29) is 0 Å². The SMILES string of the molecule is CSc1ccc(-c2nccnc2-c2cccc(-c3cc(C(C)(C)S(C)=O)cc4cccnc34)c2)cc1. The second kappa shape index (κ2) is 9.96. The number of nitrogens with zero attached hydrogens (tertiary/aromatic N) is 3. The van der Waals surface area contributed by atoms with Gasteiger partial charge in [-0.15, -0.1) is 11.8 Å². The molecule has 0 aliphatic rings. The lowest BCUT2D eigenvalue weighted by Crippen LogP contribution is -2.22. The number of hydrogen-bond donors (Lipinski definition) is 0. The molecule has 2 heterocycles. The zero-order chi connectivity index (χ0) is 25.3. The van der Waals surface area contributed by atoms with E-state index < -0.39 is 15.5 Å². The van der Waals surface area contributed by atoms with Gasteiger partial charge in [-0.3, -0.25) is 19.2 Å². The second-order valence-electron chi connectivity index (χ2n) is 9.13. The molecule has 1 unspecified atom stereocenters. The second-order valence-corrected chi connectivity index (χ2v) is 11.9. The van der Waals surface area contributed by atoms with Gasteiger partial charge in [-0.1, -0.05) is 36.4 Å². The number of hydrogen-bond acceptors (Lipinski definition) is 5. The largest absolute Gasteiger partial charge is 0.259 e. The summed E-state index contributed by atoms with van der Waals surface area (Å²) in [6.45, 7) is 4.05. The lowest BCUT2D eigenvalue weighted by atomic mass is 9.92. The summed E-state index contributed by atoms with van der Waals surface area (Å²) in [5, 5.41) is 1.03. The molecule has 0 N–H and O–H groups in total. The maximum Gasteiger partial charge on any atom is 0.0965 e. The molecule has 0 bridgehead atoms. The first kappa shape index (κ1) is 24.3. The van der Waals surface area contributed by atoms with E-state index in [4.69, 9.17) is 9.97 Å². The highest BCUT2D eigenvalue weighted by atomic mass is 32.2. The van der Waals surface area contributed by atoms with E-state index in [9.17, 15) is 4.21 Å². The van der Waals surface area contributed by atoms with Gasteiger partial charge in [-0.25, -0.2) is 0 Å². The molecular formula is C30H27N3OS2. The molecule has 4 nitrogen and oxygen atoms in total. The van der Waals surface area contributed by atoms with Crippen molar-refractivity contribution in [3.8, 4) is 33.6 Å². The molecule has 5 rings (SSSR count). The Bertz CT molecular complexity index is 1580. The Morgan fingerprint density at radius 2 is 1.44 bits per heavy atom. The van der Waals surface area contributed by atoms with Crippen LogP contribution < -0.4 is 0 Å². The molecule has 2 aromatic heterocycles. The van der Waals surface area contributed by atoms with Crippen molar-refractivity contribution in [1.29, 1.82) is 0 Å².